The fourth-order valence-corrected chi connectivity index (χ4v) is 2.66. The summed E-state index contributed by atoms with van der Waals surface area (Å²) in [5, 5.41) is -0.0489. The molecule has 0 aliphatic carbocycles. The van der Waals surface area contributed by atoms with E-state index >= 15 is 0 Å². The zero-order valence-electron chi connectivity index (χ0n) is 11.3. The second kappa shape index (κ2) is 5.13. The second-order valence-electron chi connectivity index (χ2n) is 5.79. The van der Waals surface area contributed by atoms with E-state index in [1.54, 1.807) is 6.07 Å². The van der Waals surface area contributed by atoms with Gasteiger partial charge in [-0.1, -0.05) is 36.7 Å². The first kappa shape index (κ1) is 15.4. The van der Waals surface area contributed by atoms with Gasteiger partial charge in [0.25, 0.3) is 8.32 Å². The van der Waals surface area contributed by atoms with Gasteiger partial charge in [-0.15, -0.1) is 0 Å². The summed E-state index contributed by atoms with van der Waals surface area (Å²) in [5.41, 5.74) is 0.242. The Morgan fingerprint density at radius 3 is 2.33 bits per heavy atom. The SMILES string of the molecule is CC(C)(C)[Si](C)(C)Oc1c(F)cc(Br)cc1C=O. The Labute approximate surface area is 117 Å². The van der Waals surface area contributed by atoms with Crippen LogP contribution in [0.15, 0.2) is 16.6 Å². The third-order valence-electron chi connectivity index (χ3n) is 3.33. The zero-order valence-corrected chi connectivity index (χ0v) is 13.9. The van der Waals surface area contributed by atoms with Crippen molar-refractivity contribution in [3.8, 4) is 5.75 Å². The lowest BCUT2D eigenvalue weighted by Gasteiger charge is -2.36. The average Bonchev–Trinajstić information content (AvgIpc) is 2.19. The van der Waals surface area contributed by atoms with Gasteiger partial charge in [0.1, 0.15) is 0 Å². The molecule has 0 radical (unpaired) electrons. The molecule has 0 aliphatic rings. The number of halogens is 2. The fourth-order valence-electron chi connectivity index (χ4n) is 1.18. The van der Waals surface area contributed by atoms with Crippen molar-refractivity contribution < 1.29 is 13.6 Å². The van der Waals surface area contributed by atoms with E-state index in [1.807, 2.05) is 13.1 Å². The van der Waals surface area contributed by atoms with Gasteiger partial charge in [-0.25, -0.2) is 4.39 Å². The summed E-state index contributed by atoms with van der Waals surface area (Å²) >= 11 is 3.16. The number of carbonyl (C=O) groups is 1. The Bertz CT molecular complexity index is 467. The third kappa shape index (κ3) is 3.20. The minimum Gasteiger partial charge on any atom is -0.541 e. The molecule has 0 saturated heterocycles. The number of hydrogen-bond donors (Lipinski definition) is 0. The summed E-state index contributed by atoms with van der Waals surface area (Å²) in [5.74, 6) is -0.434. The highest BCUT2D eigenvalue weighted by Crippen LogP contribution is 2.39. The molecule has 1 rings (SSSR count). The minimum atomic E-state index is -2.16. The lowest BCUT2D eigenvalue weighted by Crippen LogP contribution is -2.44. The summed E-state index contributed by atoms with van der Waals surface area (Å²) in [6, 6.07) is 2.88. The van der Waals surface area contributed by atoms with Crippen molar-refractivity contribution in [1.82, 2.24) is 0 Å². The Kier molecular flexibility index (Phi) is 4.38. The van der Waals surface area contributed by atoms with Crippen LogP contribution in [0.2, 0.25) is 18.1 Å². The molecule has 0 aliphatic heterocycles. The number of rotatable bonds is 3. The van der Waals surface area contributed by atoms with Gasteiger partial charge in [-0.3, -0.25) is 4.79 Å². The summed E-state index contributed by atoms with van der Waals surface area (Å²) in [6.07, 6.45) is 0.621. The smallest absolute Gasteiger partial charge is 0.250 e. The van der Waals surface area contributed by atoms with Gasteiger partial charge >= 0.3 is 0 Å². The normalized spacial score (nSPS) is 12.4. The van der Waals surface area contributed by atoms with Crippen molar-refractivity contribution in [1.29, 1.82) is 0 Å². The van der Waals surface area contributed by atoms with E-state index in [4.69, 9.17) is 4.43 Å². The summed E-state index contributed by atoms with van der Waals surface area (Å²) < 4.78 is 20.3. The zero-order chi connectivity index (χ0) is 14.1. The number of hydrogen-bond acceptors (Lipinski definition) is 2. The molecule has 0 aromatic heterocycles. The summed E-state index contributed by atoms with van der Waals surface area (Å²) in [7, 11) is -2.16. The van der Waals surface area contributed by atoms with Crippen LogP contribution in [-0.4, -0.2) is 14.6 Å². The third-order valence-corrected chi connectivity index (χ3v) is 8.11. The predicted molar refractivity (Wildman–Crippen MR) is 77.3 cm³/mol. The summed E-state index contributed by atoms with van der Waals surface area (Å²) in [4.78, 5) is 11.0. The Hall–Kier alpha value is -0.683. The van der Waals surface area contributed by atoms with Crippen LogP contribution in [0.5, 0.6) is 5.75 Å². The topological polar surface area (TPSA) is 26.3 Å². The number of benzene rings is 1. The van der Waals surface area contributed by atoms with Crippen LogP contribution in [0.1, 0.15) is 31.1 Å². The van der Waals surface area contributed by atoms with Crippen LogP contribution >= 0.6 is 15.9 Å². The molecule has 0 heterocycles. The van der Waals surface area contributed by atoms with Crippen molar-refractivity contribution in [2.24, 2.45) is 0 Å². The molecular formula is C13H18BrFO2Si. The molecule has 18 heavy (non-hydrogen) atoms. The Morgan fingerprint density at radius 2 is 1.89 bits per heavy atom. The molecule has 0 fully saturated rings. The van der Waals surface area contributed by atoms with E-state index in [-0.39, 0.29) is 16.4 Å². The van der Waals surface area contributed by atoms with E-state index in [1.165, 1.54) is 6.07 Å². The maximum absolute atomic E-state index is 13.9. The van der Waals surface area contributed by atoms with E-state index < -0.39 is 14.1 Å². The van der Waals surface area contributed by atoms with Crippen LogP contribution < -0.4 is 4.43 Å². The van der Waals surface area contributed by atoms with E-state index in [0.717, 1.165) is 0 Å². The van der Waals surface area contributed by atoms with Crippen molar-refractivity contribution in [2.45, 2.75) is 38.9 Å². The van der Waals surface area contributed by atoms with E-state index in [0.29, 0.717) is 10.8 Å². The van der Waals surface area contributed by atoms with Gasteiger partial charge in [0.2, 0.25) is 0 Å². The molecule has 1 aromatic carbocycles. The Morgan fingerprint density at radius 1 is 1.33 bits per heavy atom. The van der Waals surface area contributed by atoms with Crippen molar-refractivity contribution in [3.05, 3.63) is 28.0 Å². The first-order valence-corrected chi connectivity index (χ1v) is 9.42. The largest absolute Gasteiger partial charge is 0.541 e. The van der Waals surface area contributed by atoms with Gasteiger partial charge in [0, 0.05) is 4.47 Å². The molecule has 0 spiro atoms. The van der Waals surface area contributed by atoms with Crippen LogP contribution in [-0.2, 0) is 0 Å². The van der Waals surface area contributed by atoms with Gasteiger partial charge in [-0.05, 0) is 30.3 Å². The van der Waals surface area contributed by atoms with Crippen molar-refractivity contribution in [3.63, 3.8) is 0 Å². The molecule has 5 heteroatoms. The van der Waals surface area contributed by atoms with Crippen LogP contribution in [0.4, 0.5) is 4.39 Å². The lowest BCUT2D eigenvalue weighted by molar-refractivity contribution is 0.112. The lowest BCUT2D eigenvalue weighted by atomic mass is 10.2. The molecule has 100 valence electrons. The number of aldehydes is 1. The van der Waals surface area contributed by atoms with Crippen molar-refractivity contribution >= 4 is 30.5 Å². The molecule has 2 nitrogen and oxygen atoms in total. The highest BCUT2D eigenvalue weighted by atomic mass is 79.9. The van der Waals surface area contributed by atoms with Crippen molar-refractivity contribution in [2.75, 3.05) is 0 Å². The quantitative estimate of drug-likeness (QED) is 0.587. The van der Waals surface area contributed by atoms with Crippen LogP contribution in [0.25, 0.3) is 0 Å². The average molecular weight is 333 g/mol. The molecule has 0 atom stereocenters. The highest BCUT2D eigenvalue weighted by Gasteiger charge is 2.40. The molecular weight excluding hydrogens is 315 g/mol. The van der Waals surface area contributed by atoms with E-state index in [2.05, 4.69) is 36.7 Å². The molecule has 0 amide bonds. The maximum Gasteiger partial charge on any atom is 0.250 e. The minimum absolute atomic E-state index is 0.0489. The fraction of sp³-hybridized carbons (Fsp3) is 0.462. The molecule has 0 bridgehead atoms. The predicted octanol–water partition coefficient (Wildman–Crippen LogP) is 4.78. The molecule has 0 unspecified atom stereocenters. The molecule has 0 N–H and O–H groups in total. The van der Waals surface area contributed by atoms with Gasteiger partial charge in [0.05, 0.1) is 5.56 Å². The molecule has 1 aromatic rings. The van der Waals surface area contributed by atoms with Gasteiger partial charge in [-0.2, -0.15) is 0 Å². The van der Waals surface area contributed by atoms with Gasteiger partial charge in [0.15, 0.2) is 17.9 Å². The second-order valence-corrected chi connectivity index (χ2v) is 11.4. The standard InChI is InChI=1S/C13H18BrFO2Si/c1-13(2,3)18(4,5)17-12-9(8-16)6-10(14)7-11(12)15/h6-8H,1-5H3. The van der Waals surface area contributed by atoms with Crippen LogP contribution in [0.3, 0.4) is 0 Å². The van der Waals surface area contributed by atoms with Crippen LogP contribution in [0, 0.1) is 5.82 Å². The molecule has 0 saturated carbocycles. The Balaban J connectivity index is 3.23. The maximum atomic E-state index is 13.9. The first-order chi connectivity index (χ1) is 8.08. The monoisotopic (exact) mass is 332 g/mol. The first-order valence-electron chi connectivity index (χ1n) is 5.72. The number of carbonyl (C=O) groups excluding carboxylic acids is 1. The van der Waals surface area contributed by atoms with E-state index in [9.17, 15) is 9.18 Å². The summed E-state index contributed by atoms with van der Waals surface area (Å²) in [6.45, 7) is 10.2. The highest BCUT2D eigenvalue weighted by molar-refractivity contribution is 9.10. The van der Waals surface area contributed by atoms with Gasteiger partial charge < -0.3 is 4.43 Å².